The molecule has 1 saturated carbocycles. The second-order valence-electron chi connectivity index (χ2n) is 8.34. The van der Waals surface area contributed by atoms with Crippen LogP contribution in [-0.2, 0) is 20.9 Å². The molecule has 6 nitrogen and oxygen atoms in total. The molecular weight excluding hydrogens is 354 g/mol. The Bertz CT molecular complexity index is 684. The number of nitrogens with zero attached hydrogens (tertiary/aromatic N) is 2. The van der Waals surface area contributed by atoms with Crippen molar-refractivity contribution in [3.63, 3.8) is 0 Å². The van der Waals surface area contributed by atoms with Crippen LogP contribution in [0.2, 0.25) is 0 Å². The van der Waals surface area contributed by atoms with Crippen molar-refractivity contribution in [2.75, 3.05) is 19.6 Å². The van der Waals surface area contributed by atoms with E-state index in [1.165, 1.54) is 5.56 Å². The SMILES string of the molecule is NC[C@H]1CC[C@@H](C(=O)N2CCC(C(=O)N(Cc3ccccc3)C3CC3)CC2)O1. The molecule has 0 radical (unpaired) electrons. The summed E-state index contributed by atoms with van der Waals surface area (Å²) in [5.74, 6) is 0.360. The Morgan fingerprint density at radius 2 is 1.75 bits per heavy atom. The molecular formula is C22H31N3O3. The van der Waals surface area contributed by atoms with E-state index in [1.807, 2.05) is 23.1 Å². The van der Waals surface area contributed by atoms with Crippen molar-refractivity contribution in [3.05, 3.63) is 35.9 Å². The molecule has 1 aromatic rings. The molecule has 4 rings (SSSR count). The highest BCUT2D eigenvalue weighted by molar-refractivity contribution is 5.83. The first kappa shape index (κ1) is 19.4. The number of benzene rings is 1. The highest BCUT2D eigenvalue weighted by atomic mass is 16.5. The number of rotatable bonds is 6. The maximum absolute atomic E-state index is 13.2. The summed E-state index contributed by atoms with van der Waals surface area (Å²) in [4.78, 5) is 29.8. The molecule has 0 aromatic heterocycles. The van der Waals surface area contributed by atoms with E-state index in [9.17, 15) is 9.59 Å². The van der Waals surface area contributed by atoms with E-state index in [-0.39, 0.29) is 29.9 Å². The van der Waals surface area contributed by atoms with Crippen molar-refractivity contribution in [2.24, 2.45) is 11.7 Å². The van der Waals surface area contributed by atoms with Gasteiger partial charge >= 0.3 is 0 Å². The summed E-state index contributed by atoms with van der Waals surface area (Å²) in [6.07, 6.45) is 4.99. The van der Waals surface area contributed by atoms with E-state index >= 15 is 0 Å². The van der Waals surface area contributed by atoms with Gasteiger partial charge in [0.2, 0.25) is 5.91 Å². The zero-order valence-electron chi connectivity index (χ0n) is 16.5. The molecule has 2 heterocycles. The van der Waals surface area contributed by atoms with Crippen molar-refractivity contribution < 1.29 is 14.3 Å². The Hall–Kier alpha value is -1.92. The minimum atomic E-state index is -0.346. The number of ether oxygens (including phenoxy) is 1. The van der Waals surface area contributed by atoms with Crippen molar-refractivity contribution in [2.45, 2.75) is 63.3 Å². The molecule has 6 heteroatoms. The molecule has 0 unspecified atom stereocenters. The standard InChI is InChI=1S/C22H31N3O3/c23-14-19-8-9-20(28-19)22(27)24-12-10-17(11-13-24)21(26)25(18-6-7-18)15-16-4-2-1-3-5-16/h1-5,17-20H,6-15,23H2/t19-,20+/m1/s1. The van der Waals surface area contributed by atoms with Gasteiger partial charge in [0.15, 0.2) is 0 Å². The van der Waals surface area contributed by atoms with Crippen LogP contribution in [0.5, 0.6) is 0 Å². The normalized spacial score (nSPS) is 25.7. The predicted molar refractivity (Wildman–Crippen MR) is 106 cm³/mol. The average molecular weight is 386 g/mol. The molecule has 28 heavy (non-hydrogen) atoms. The minimum absolute atomic E-state index is 0.0122. The second kappa shape index (κ2) is 8.62. The fourth-order valence-electron chi connectivity index (χ4n) is 4.40. The summed E-state index contributed by atoms with van der Waals surface area (Å²) < 4.78 is 5.75. The van der Waals surface area contributed by atoms with Crippen molar-refractivity contribution in [1.29, 1.82) is 0 Å². The third kappa shape index (κ3) is 4.39. The Labute approximate surface area is 167 Å². The lowest BCUT2D eigenvalue weighted by Gasteiger charge is -2.35. The number of likely N-dealkylation sites (tertiary alicyclic amines) is 1. The van der Waals surface area contributed by atoms with Gasteiger partial charge in [-0.15, -0.1) is 0 Å². The Morgan fingerprint density at radius 3 is 2.36 bits per heavy atom. The van der Waals surface area contributed by atoms with E-state index in [2.05, 4.69) is 17.0 Å². The number of hydrogen-bond donors (Lipinski definition) is 1. The average Bonchev–Trinajstić information content (AvgIpc) is 3.48. The largest absolute Gasteiger partial charge is 0.364 e. The zero-order chi connectivity index (χ0) is 19.5. The monoisotopic (exact) mass is 385 g/mol. The summed E-state index contributed by atoms with van der Waals surface area (Å²) in [6, 6.07) is 10.6. The van der Waals surface area contributed by atoms with Crippen molar-refractivity contribution >= 4 is 11.8 Å². The minimum Gasteiger partial charge on any atom is -0.364 e. The highest BCUT2D eigenvalue weighted by Gasteiger charge is 2.39. The molecule has 1 aliphatic carbocycles. The van der Waals surface area contributed by atoms with Crippen LogP contribution in [-0.4, -0.2) is 59.5 Å². The lowest BCUT2D eigenvalue weighted by molar-refractivity contribution is -0.147. The van der Waals surface area contributed by atoms with Crippen LogP contribution in [0, 0.1) is 5.92 Å². The lowest BCUT2D eigenvalue weighted by atomic mass is 9.94. The number of piperidine rings is 1. The van der Waals surface area contributed by atoms with Crippen LogP contribution in [0.3, 0.4) is 0 Å². The van der Waals surface area contributed by atoms with Crippen molar-refractivity contribution in [3.8, 4) is 0 Å². The van der Waals surface area contributed by atoms with E-state index in [1.54, 1.807) is 0 Å². The van der Waals surface area contributed by atoms with Gasteiger partial charge in [0.05, 0.1) is 6.10 Å². The quantitative estimate of drug-likeness (QED) is 0.812. The molecule has 2 atom stereocenters. The zero-order valence-corrected chi connectivity index (χ0v) is 16.5. The molecule has 3 aliphatic rings. The Balaban J connectivity index is 1.31. The highest BCUT2D eigenvalue weighted by Crippen LogP contribution is 2.32. The van der Waals surface area contributed by atoms with E-state index in [4.69, 9.17) is 10.5 Å². The molecule has 2 amide bonds. The van der Waals surface area contributed by atoms with Crippen molar-refractivity contribution in [1.82, 2.24) is 9.80 Å². The molecule has 2 aliphatic heterocycles. The summed E-state index contributed by atoms with van der Waals surface area (Å²) >= 11 is 0. The molecule has 2 N–H and O–H groups in total. The van der Waals surface area contributed by atoms with Gasteiger partial charge in [0.25, 0.3) is 5.91 Å². The molecule has 2 saturated heterocycles. The van der Waals surface area contributed by atoms with Crippen LogP contribution in [0.4, 0.5) is 0 Å². The first-order valence-corrected chi connectivity index (χ1v) is 10.6. The molecule has 3 fully saturated rings. The van der Waals surface area contributed by atoms with Gasteiger partial charge < -0.3 is 20.3 Å². The fraction of sp³-hybridized carbons (Fsp3) is 0.636. The number of carbonyl (C=O) groups excluding carboxylic acids is 2. The van der Waals surface area contributed by atoms with Crippen LogP contribution in [0.25, 0.3) is 0 Å². The number of nitrogens with two attached hydrogens (primary N) is 1. The molecule has 152 valence electrons. The molecule has 1 aromatic carbocycles. The van der Waals surface area contributed by atoms with E-state index in [0.29, 0.717) is 32.2 Å². The van der Waals surface area contributed by atoms with Gasteiger partial charge in [0, 0.05) is 38.1 Å². The van der Waals surface area contributed by atoms with Gasteiger partial charge in [-0.2, -0.15) is 0 Å². The maximum atomic E-state index is 13.2. The number of carbonyl (C=O) groups is 2. The molecule has 0 spiro atoms. The Morgan fingerprint density at radius 1 is 1.04 bits per heavy atom. The number of amides is 2. The third-order valence-corrected chi connectivity index (χ3v) is 6.27. The summed E-state index contributed by atoms with van der Waals surface area (Å²) in [5.41, 5.74) is 6.83. The van der Waals surface area contributed by atoms with E-state index < -0.39 is 0 Å². The van der Waals surface area contributed by atoms with Crippen LogP contribution in [0.15, 0.2) is 30.3 Å². The van der Waals surface area contributed by atoms with Gasteiger partial charge in [-0.25, -0.2) is 0 Å². The fourth-order valence-corrected chi connectivity index (χ4v) is 4.40. The van der Waals surface area contributed by atoms with Crippen LogP contribution in [0.1, 0.15) is 44.1 Å². The van der Waals surface area contributed by atoms with Gasteiger partial charge in [0.1, 0.15) is 6.10 Å². The first-order chi connectivity index (χ1) is 13.7. The Kier molecular flexibility index (Phi) is 5.97. The predicted octanol–water partition coefficient (Wildman–Crippen LogP) is 1.92. The second-order valence-corrected chi connectivity index (χ2v) is 8.34. The summed E-state index contributed by atoms with van der Waals surface area (Å²) in [5, 5.41) is 0. The first-order valence-electron chi connectivity index (χ1n) is 10.6. The topological polar surface area (TPSA) is 75.9 Å². The smallest absolute Gasteiger partial charge is 0.251 e. The van der Waals surface area contributed by atoms with Gasteiger partial charge in [-0.1, -0.05) is 30.3 Å². The summed E-state index contributed by atoms with van der Waals surface area (Å²) in [7, 11) is 0. The number of hydrogen-bond acceptors (Lipinski definition) is 4. The lowest BCUT2D eigenvalue weighted by Crippen LogP contribution is -2.47. The van der Waals surface area contributed by atoms with Crippen LogP contribution < -0.4 is 5.73 Å². The van der Waals surface area contributed by atoms with Crippen LogP contribution >= 0.6 is 0 Å². The summed E-state index contributed by atoms with van der Waals surface area (Å²) in [6.45, 7) is 2.46. The van der Waals surface area contributed by atoms with Gasteiger partial charge in [-0.05, 0) is 44.1 Å². The molecule has 0 bridgehead atoms. The van der Waals surface area contributed by atoms with E-state index in [0.717, 1.165) is 38.5 Å². The maximum Gasteiger partial charge on any atom is 0.251 e. The third-order valence-electron chi connectivity index (χ3n) is 6.27. The van der Waals surface area contributed by atoms with Gasteiger partial charge in [-0.3, -0.25) is 9.59 Å².